The van der Waals surface area contributed by atoms with Crippen LogP contribution >= 0.6 is 0 Å². The monoisotopic (exact) mass is 246 g/mol. The van der Waals surface area contributed by atoms with Crippen molar-refractivity contribution < 1.29 is 4.79 Å². The van der Waals surface area contributed by atoms with Crippen molar-refractivity contribution in [3.8, 4) is 0 Å². The van der Waals surface area contributed by atoms with Crippen LogP contribution in [0.2, 0.25) is 0 Å². The van der Waals surface area contributed by atoms with Gasteiger partial charge < -0.3 is 10.6 Å². The molecule has 1 atom stereocenters. The molecular weight excluding hydrogens is 224 g/mol. The average molecular weight is 246 g/mol. The Bertz CT molecular complexity index is 384. The van der Waals surface area contributed by atoms with E-state index in [0.717, 1.165) is 18.5 Å². The predicted octanol–water partition coefficient (Wildman–Crippen LogP) is 3.20. The second kappa shape index (κ2) is 7.54. The highest BCUT2D eigenvalue weighted by Crippen LogP contribution is 2.12. The number of benzene rings is 1. The number of nitrogens with one attached hydrogen (secondary N) is 2. The summed E-state index contributed by atoms with van der Waals surface area (Å²) in [6.07, 6.45) is 3.97. The first-order valence-electron chi connectivity index (χ1n) is 6.43. The summed E-state index contributed by atoms with van der Waals surface area (Å²) in [5.74, 6) is -0.0666. The fourth-order valence-corrected chi connectivity index (χ4v) is 1.77. The lowest BCUT2D eigenvalue weighted by Crippen LogP contribution is -2.23. The Morgan fingerprint density at radius 2 is 2.06 bits per heavy atom. The predicted molar refractivity (Wildman–Crippen MR) is 77.0 cm³/mol. The van der Waals surface area contributed by atoms with Crippen LogP contribution in [-0.4, -0.2) is 18.5 Å². The molecule has 0 heterocycles. The zero-order chi connectivity index (χ0) is 13.4. The van der Waals surface area contributed by atoms with Gasteiger partial charge in [-0.1, -0.05) is 19.4 Å². The zero-order valence-electron chi connectivity index (χ0n) is 11.2. The van der Waals surface area contributed by atoms with Gasteiger partial charge in [0, 0.05) is 23.8 Å². The van der Waals surface area contributed by atoms with E-state index >= 15 is 0 Å². The number of amides is 1. The largest absolute Gasteiger partial charge is 0.383 e. The van der Waals surface area contributed by atoms with Crippen LogP contribution in [0, 0.1) is 0 Å². The molecule has 0 bridgehead atoms. The Hall–Kier alpha value is -1.77. The van der Waals surface area contributed by atoms with E-state index in [1.54, 1.807) is 6.08 Å². The summed E-state index contributed by atoms with van der Waals surface area (Å²) in [6, 6.07) is 8.00. The SMILES string of the molecule is C=CCNC(=O)c1ccc(NC(C)CCC)cc1. The van der Waals surface area contributed by atoms with E-state index < -0.39 is 0 Å². The number of carbonyl (C=O) groups is 1. The maximum absolute atomic E-state index is 11.7. The molecule has 0 aliphatic carbocycles. The minimum Gasteiger partial charge on any atom is -0.383 e. The molecule has 1 unspecified atom stereocenters. The molecule has 0 saturated heterocycles. The highest BCUT2D eigenvalue weighted by Gasteiger charge is 2.04. The molecule has 1 aromatic carbocycles. The van der Waals surface area contributed by atoms with Crippen molar-refractivity contribution in [3.05, 3.63) is 42.5 Å². The van der Waals surface area contributed by atoms with E-state index in [1.807, 2.05) is 24.3 Å². The third-order valence-corrected chi connectivity index (χ3v) is 2.69. The second-order valence-electron chi connectivity index (χ2n) is 4.41. The molecule has 2 N–H and O–H groups in total. The summed E-state index contributed by atoms with van der Waals surface area (Å²) >= 11 is 0. The standard InChI is InChI=1S/C15H22N2O/c1-4-6-12(3)17-14-9-7-13(8-10-14)15(18)16-11-5-2/h5,7-10,12,17H,2,4,6,11H2,1,3H3,(H,16,18). The lowest BCUT2D eigenvalue weighted by molar-refractivity contribution is 0.0958. The van der Waals surface area contributed by atoms with Crippen LogP contribution in [0.15, 0.2) is 36.9 Å². The molecule has 0 fully saturated rings. The molecule has 1 aromatic rings. The summed E-state index contributed by atoms with van der Waals surface area (Å²) in [5.41, 5.74) is 1.72. The normalized spacial score (nSPS) is 11.7. The number of anilines is 1. The van der Waals surface area contributed by atoms with E-state index in [-0.39, 0.29) is 5.91 Å². The van der Waals surface area contributed by atoms with Gasteiger partial charge >= 0.3 is 0 Å². The average Bonchev–Trinajstić information content (AvgIpc) is 2.37. The first kappa shape index (κ1) is 14.3. The van der Waals surface area contributed by atoms with E-state index in [1.165, 1.54) is 0 Å². The van der Waals surface area contributed by atoms with Gasteiger partial charge in [-0.2, -0.15) is 0 Å². The molecule has 3 heteroatoms. The van der Waals surface area contributed by atoms with Crippen LogP contribution in [0.5, 0.6) is 0 Å². The van der Waals surface area contributed by atoms with Crippen LogP contribution in [0.1, 0.15) is 37.0 Å². The summed E-state index contributed by atoms with van der Waals surface area (Å²) in [7, 11) is 0. The van der Waals surface area contributed by atoms with Crippen LogP contribution in [-0.2, 0) is 0 Å². The smallest absolute Gasteiger partial charge is 0.251 e. The molecular formula is C15H22N2O. The van der Waals surface area contributed by atoms with Crippen molar-refractivity contribution in [2.45, 2.75) is 32.7 Å². The lowest BCUT2D eigenvalue weighted by Gasteiger charge is -2.14. The van der Waals surface area contributed by atoms with Gasteiger partial charge in [0.05, 0.1) is 0 Å². The topological polar surface area (TPSA) is 41.1 Å². The van der Waals surface area contributed by atoms with Crippen LogP contribution < -0.4 is 10.6 Å². The molecule has 1 rings (SSSR count). The highest BCUT2D eigenvalue weighted by atomic mass is 16.1. The molecule has 3 nitrogen and oxygen atoms in total. The van der Waals surface area contributed by atoms with Crippen LogP contribution in [0.25, 0.3) is 0 Å². The van der Waals surface area contributed by atoms with E-state index in [0.29, 0.717) is 18.2 Å². The Morgan fingerprint density at radius 1 is 1.39 bits per heavy atom. The van der Waals surface area contributed by atoms with Crippen molar-refractivity contribution in [2.24, 2.45) is 0 Å². The number of hydrogen-bond acceptors (Lipinski definition) is 2. The summed E-state index contributed by atoms with van der Waals surface area (Å²) < 4.78 is 0. The van der Waals surface area contributed by atoms with Crippen molar-refractivity contribution in [2.75, 3.05) is 11.9 Å². The third kappa shape index (κ3) is 4.62. The van der Waals surface area contributed by atoms with Gasteiger partial charge in [-0.25, -0.2) is 0 Å². The van der Waals surface area contributed by atoms with E-state index in [9.17, 15) is 4.79 Å². The number of hydrogen-bond donors (Lipinski definition) is 2. The fourth-order valence-electron chi connectivity index (χ4n) is 1.77. The molecule has 0 radical (unpaired) electrons. The molecule has 98 valence electrons. The molecule has 0 saturated carbocycles. The van der Waals surface area contributed by atoms with Crippen LogP contribution in [0.3, 0.4) is 0 Å². The maximum Gasteiger partial charge on any atom is 0.251 e. The third-order valence-electron chi connectivity index (χ3n) is 2.69. The van der Waals surface area contributed by atoms with Crippen molar-refractivity contribution in [3.63, 3.8) is 0 Å². The van der Waals surface area contributed by atoms with Gasteiger partial charge in [-0.3, -0.25) is 4.79 Å². The van der Waals surface area contributed by atoms with Crippen LogP contribution in [0.4, 0.5) is 5.69 Å². The fraction of sp³-hybridized carbons (Fsp3) is 0.400. The van der Waals surface area contributed by atoms with Gasteiger partial charge in [0.25, 0.3) is 5.91 Å². The van der Waals surface area contributed by atoms with Gasteiger partial charge in [0.2, 0.25) is 0 Å². The summed E-state index contributed by atoms with van der Waals surface area (Å²) in [4.78, 5) is 11.7. The Labute approximate surface area is 109 Å². The Kier molecular flexibility index (Phi) is 5.98. The molecule has 0 aliphatic heterocycles. The Balaban J connectivity index is 2.56. The zero-order valence-corrected chi connectivity index (χ0v) is 11.2. The minimum absolute atomic E-state index is 0.0666. The van der Waals surface area contributed by atoms with Crippen molar-refractivity contribution in [1.82, 2.24) is 5.32 Å². The molecule has 0 aromatic heterocycles. The van der Waals surface area contributed by atoms with Crippen molar-refractivity contribution in [1.29, 1.82) is 0 Å². The first-order valence-corrected chi connectivity index (χ1v) is 6.43. The Morgan fingerprint density at radius 3 is 2.61 bits per heavy atom. The van der Waals surface area contributed by atoms with E-state index in [4.69, 9.17) is 0 Å². The number of carbonyl (C=O) groups excluding carboxylic acids is 1. The number of rotatable bonds is 7. The summed E-state index contributed by atoms with van der Waals surface area (Å²) in [5, 5.41) is 6.16. The van der Waals surface area contributed by atoms with Crippen molar-refractivity contribution >= 4 is 11.6 Å². The van der Waals surface area contributed by atoms with Gasteiger partial charge in [0.15, 0.2) is 0 Å². The van der Waals surface area contributed by atoms with E-state index in [2.05, 4.69) is 31.1 Å². The minimum atomic E-state index is -0.0666. The summed E-state index contributed by atoms with van der Waals surface area (Å²) in [6.45, 7) is 8.39. The molecule has 0 aliphatic rings. The maximum atomic E-state index is 11.7. The van der Waals surface area contributed by atoms with Gasteiger partial charge in [-0.05, 0) is 37.6 Å². The van der Waals surface area contributed by atoms with Gasteiger partial charge in [-0.15, -0.1) is 6.58 Å². The second-order valence-corrected chi connectivity index (χ2v) is 4.41. The molecule has 18 heavy (non-hydrogen) atoms. The molecule has 0 spiro atoms. The van der Waals surface area contributed by atoms with Gasteiger partial charge in [0.1, 0.15) is 0 Å². The highest BCUT2D eigenvalue weighted by molar-refractivity contribution is 5.94. The quantitative estimate of drug-likeness (QED) is 0.725. The molecule has 1 amide bonds. The first-order chi connectivity index (χ1) is 8.67. The lowest BCUT2D eigenvalue weighted by atomic mass is 10.1.